The Morgan fingerprint density at radius 2 is 1.94 bits per heavy atom. The molecule has 0 aliphatic heterocycles. The number of amides is 2. The normalized spacial score (nSPS) is 22.4. The van der Waals surface area contributed by atoms with Crippen molar-refractivity contribution in [3.63, 3.8) is 0 Å². The van der Waals surface area contributed by atoms with Gasteiger partial charge >= 0.3 is 6.03 Å². The monoisotopic (exact) mass is 238 g/mol. The first-order valence-corrected chi connectivity index (χ1v) is 7.30. The van der Waals surface area contributed by atoms with Crippen molar-refractivity contribution < 1.29 is 4.79 Å². The Morgan fingerprint density at radius 1 is 1.24 bits per heavy atom. The van der Waals surface area contributed by atoms with Gasteiger partial charge in [-0.3, -0.25) is 0 Å². The fourth-order valence-electron chi connectivity index (χ4n) is 2.86. The molecule has 2 rings (SSSR count). The summed E-state index contributed by atoms with van der Waals surface area (Å²) in [6.45, 7) is 2.94. The van der Waals surface area contributed by atoms with Crippen molar-refractivity contribution in [1.82, 2.24) is 10.6 Å². The highest BCUT2D eigenvalue weighted by Gasteiger charge is 2.28. The second-order valence-corrected chi connectivity index (χ2v) is 5.82. The van der Waals surface area contributed by atoms with E-state index in [4.69, 9.17) is 0 Å². The highest BCUT2D eigenvalue weighted by Crippen LogP contribution is 2.32. The van der Waals surface area contributed by atoms with E-state index in [9.17, 15) is 4.79 Å². The molecule has 1 atom stereocenters. The first kappa shape index (κ1) is 12.7. The van der Waals surface area contributed by atoms with Crippen molar-refractivity contribution in [2.75, 3.05) is 6.54 Å². The Bertz CT molecular complexity index is 245. The zero-order valence-electron chi connectivity index (χ0n) is 11.0. The minimum absolute atomic E-state index is 0.0239. The van der Waals surface area contributed by atoms with Gasteiger partial charge in [0.2, 0.25) is 0 Å². The van der Waals surface area contributed by atoms with E-state index in [1.807, 2.05) is 0 Å². The third kappa shape index (κ3) is 4.57. The molecule has 3 nitrogen and oxygen atoms in total. The van der Waals surface area contributed by atoms with Gasteiger partial charge in [0.15, 0.2) is 0 Å². The number of carbonyl (C=O) groups is 1. The summed E-state index contributed by atoms with van der Waals surface area (Å²) in [4.78, 5) is 11.6. The zero-order valence-corrected chi connectivity index (χ0v) is 11.0. The molecule has 17 heavy (non-hydrogen) atoms. The molecule has 0 heterocycles. The van der Waals surface area contributed by atoms with E-state index in [0.29, 0.717) is 6.04 Å². The Balaban J connectivity index is 1.47. The maximum Gasteiger partial charge on any atom is 0.315 e. The van der Waals surface area contributed by atoms with Crippen LogP contribution in [0.15, 0.2) is 0 Å². The molecule has 0 spiro atoms. The topological polar surface area (TPSA) is 41.1 Å². The third-order valence-electron chi connectivity index (χ3n) is 4.24. The quantitative estimate of drug-likeness (QED) is 0.686. The van der Waals surface area contributed by atoms with Crippen molar-refractivity contribution in [2.24, 2.45) is 11.8 Å². The summed E-state index contributed by atoms with van der Waals surface area (Å²) >= 11 is 0. The van der Waals surface area contributed by atoms with Crippen molar-refractivity contribution in [3.05, 3.63) is 0 Å². The van der Waals surface area contributed by atoms with Crippen LogP contribution in [0.3, 0.4) is 0 Å². The molecule has 2 N–H and O–H groups in total. The van der Waals surface area contributed by atoms with E-state index in [1.165, 1.54) is 44.9 Å². The molecule has 0 aromatic carbocycles. The molecule has 2 fully saturated rings. The van der Waals surface area contributed by atoms with Crippen LogP contribution >= 0.6 is 0 Å². The minimum Gasteiger partial charge on any atom is -0.338 e. The van der Waals surface area contributed by atoms with Crippen LogP contribution in [0.25, 0.3) is 0 Å². The minimum atomic E-state index is 0.0239. The van der Waals surface area contributed by atoms with Gasteiger partial charge in [-0.15, -0.1) is 0 Å². The van der Waals surface area contributed by atoms with Gasteiger partial charge in [0, 0.05) is 12.6 Å². The van der Waals surface area contributed by atoms with Gasteiger partial charge in [0.25, 0.3) is 0 Å². The van der Waals surface area contributed by atoms with E-state index in [1.54, 1.807) is 0 Å². The summed E-state index contributed by atoms with van der Waals surface area (Å²) in [5.41, 5.74) is 0. The van der Waals surface area contributed by atoms with E-state index >= 15 is 0 Å². The van der Waals surface area contributed by atoms with Crippen molar-refractivity contribution >= 4 is 6.03 Å². The number of hydrogen-bond acceptors (Lipinski definition) is 1. The van der Waals surface area contributed by atoms with Crippen LogP contribution in [0, 0.1) is 11.8 Å². The van der Waals surface area contributed by atoms with Crippen molar-refractivity contribution in [2.45, 2.75) is 64.3 Å². The Kier molecular flexibility index (Phi) is 4.69. The van der Waals surface area contributed by atoms with Crippen molar-refractivity contribution in [1.29, 1.82) is 0 Å². The first-order valence-electron chi connectivity index (χ1n) is 7.30. The smallest absolute Gasteiger partial charge is 0.315 e. The van der Waals surface area contributed by atoms with Gasteiger partial charge in [-0.2, -0.15) is 0 Å². The van der Waals surface area contributed by atoms with E-state index in [-0.39, 0.29) is 6.03 Å². The molecule has 98 valence electrons. The second-order valence-electron chi connectivity index (χ2n) is 5.82. The Hall–Kier alpha value is -0.730. The maximum atomic E-state index is 11.6. The largest absolute Gasteiger partial charge is 0.338 e. The second kappa shape index (κ2) is 6.27. The van der Waals surface area contributed by atoms with Crippen LogP contribution < -0.4 is 10.6 Å². The van der Waals surface area contributed by atoms with Gasteiger partial charge in [0.1, 0.15) is 0 Å². The molecule has 2 aliphatic carbocycles. The van der Waals surface area contributed by atoms with Crippen LogP contribution in [0.1, 0.15) is 58.3 Å². The van der Waals surface area contributed by atoms with Crippen LogP contribution in [0.2, 0.25) is 0 Å². The molecule has 2 saturated carbocycles. The first-order chi connectivity index (χ1) is 8.25. The maximum absolute atomic E-state index is 11.6. The summed E-state index contributed by atoms with van der Waals surface area (Å²) < 4.78 is 0. The predicted octanol–water partition coefficient (Wildman–Crippen LogP) is 3.05. The highest BCUT2D eigenvalue weighted by molar-refractivity contribution is 5.74. The number of nitrogens with one attached hydrogen (secondary N) is 2. The summed E-state index contributed by atoms with van der Waals surface area (Å²) in [6.07, 6.45) is 10.6. The molecular weight excluding hydrogens is 212 g/mol. The molecular formula is C14H26N2O. The van der Waals surface area contributed by atoms with Crippen LogP contribution in [0.4, 0.5) is 4.79 Å². The molecule has 0 saturated heterocycles. The zero-order chi connectivity index (χ0) is 12.1. The number of rotatable bonds is 6. The molecule has 3 heteroatoms. The number of urea groups is 1. The van der Waals surface area contributed by atoms with Crippen LogP contribution in [-0.4, -0.2) is 18.6 Å². The predicted molar refractivity (Wildman–Crippen MR) is 69.9 cm³/mol. The standard InChI is InChI=1S/C14H26N2O/c1-11(13-8-9-13)16-14(17)15-10-4-7-12-5-2-3-6-12/h11-13H,2-10H2,1H3,(H2,15,16,17). The summed E-state index contributed by atoms with van der Waals surface area (Å²) in [5, 5.41) is 5.99. The molecule has 2 aliphatic rings. The van der Waals surface area contributed by atoms with Crippen LogP contribution in [-0.2, 0) is 0 Å². The van der Waals surface area contributed by atoms with E-state index in [0.717, 1.165) is 24.8 Å². The molecule has 2 amide bonds. The third-order valence-corrected chi connectivity index (χ3v) is 4.24. The van der Waals surface area contributed by atoms with Crippen molar-refractivity contribution in [3.8, 4) is 0 Å². The number of hydrogen-bond donors (Lipinski definition) is 2. The lowest BCUT2D eigenvalue weighted by atomic mass is 10.0. The van der Waals surface area contributed by atoms with E-state index in [2.05, 4.69) is 17.6 Å². The molecule has 0 aromatic heterocycles. The van der Waals surface area contributed by atoms with Gasteiger partial charge < -0.3 is 10.6 Å². The van der Waals surface area contributed by atoms with E-state index < -0.39 is 0 Å². The van der Waals surface area contributed by atoms with Gasteiger partial charge in [-0.25, -0.2) is 4.79 Å². The fourth-order valence-corrected chi connectivity index (χ4v) is 2.86. The lowest BCUT2D eigenvalue weighted by Crippen LogP contribution is -2.42. The van der Waals surface area contributed by atoms with Gasteiger partial charge in [-0.1, -0.05) is 25.7 Å². The Labute approximate surface area is 105 Å². The molecule has 1 unspecified atom stereocenters. The van der Waals surface area contributed by atoms with Gasteiger partial charge in [0.05, 0.1) is 0 Å². The molecule has 0 bridgehead atoms. The fraction of sp³-hybridized carbons (Fsp3) is 0.929. The summed E-state index contributed by atoms with van der Waals surface area (Å²) in [5.74, 6) is 1.67. The Morgan fingerprint density at radius 3 is 2.59 bits per heavy atom. The van der Waals surface area contributed by atoms with Crippen LogP contribution in [0.5, 0.6) is 0 Å². The lowest BCUT2D eigenvalue weighted by Gasteiger charge is -2.14. The highest BCUT2D eigenvalue weighted by atomic mass is 16.2. The average molecular weight is 238 g/mol. The summed E-state index contributed by atoms with van der Waals surface area (Å²) in [7, 11) is 0. The number of carbonyl (C=O) groups excluding carboxylic acids is 1. The average Bonchev–Trinajstić information content (AvgIpc) is 3.03. The lowest BCUT2D eigenvalue weighted by molar-refractivity contribution is 0.236. The molecule has 0 radical (unpaired) electrons. The summed E-state index contributed by atoms with van der Waals surface area (Å²) in [6, 6.07) is 0.376. The SMILES string of the molecule is CC(NC(=O)NCCCC1CCCC1)C1CC1. The van der Waals surface area contributed by atoms with Gasteiger partial charge in [-0.05, 0) is 44.4 Å². The molecule has 0 aromatic rings.